The summed E-state index contributed by atoms with van der Waals surface area (Å²) in [5, 5.41) is 0.0840. The van der Waals surface area contributed by atoms with Crippen LogP contribution in [0.5, 0.6) is 0 Å². The van der Waals surface area contributed by atoms with Crippen LogP contribution in [0.15, 0.2) is 41.3 Å². The van der Waals surface area contributed by atoms with Crippen LogP contribution < -0.4 is 0 Å². The fourth-order valence-corrected chi connectivity index (χ4v) is 1.92. The summed E-state index contributed by atoms with van der Waals surface area (Å²) < 4.78 is 0. The predicted molar refractivity (Wildman–Crippen MR) is 66.1 cm³/mol. The lowest BCUT2D eigenvalue weighted by Gasteiger charge is -2.03. The number of aryl methyl sites for hydroxylation is 1. The van der Waals surface area contributed by atoms with Crippen LogP contribution in [0.3, 0.4) is 0 Å². The van der Waals surface area contributed by atoms with Gasteiger partial charge in [-0.2, -0.15) is 0 Å². The molecule has 1 aromatic rings. The lowest BCUT2D eigenvalue weighted by Crippen LogP contribution is -1.95. The summed E-state index contributed by atoms with van der Waals surface area (Å²) >= 11 is 1.26. The molecule has 0 saturated heterocycles. The van der Waals surface area contributed by atoms with Gasteiger partial charge in [0.1, 0.15) is 0 Å². The van der Waals surface area contributed by atoms with Gasteiger partial charge in [0.25, 0.3) is 0 Å². The van der Waals surface area contributed by atoms with Crippen LogP contribution in [0.2, 0.25) is 0 Å². The van der Waals surface area contributed by atoms with Crippen LogP contribution in [-0.4, -0.2) is 5.12 Å². The van der Waals surface area contributed by atoms with Gasteiger partial charge in [-0.1, -0.05) is 37.6 Å². The topological polar surface area (TPSA) is 17.1 Å². The third kappa shape index (κ3) is 3.92. The van der Waals surface area contributed by atoms with Crippen LogP contribution in [0.25, 0.3) is 0 Å². The molecular formula is C13H16OS. The van der Waals surface area contributed by atoms with E-state index in [0.29, 0.717) is 5.57 Å². The minimum atomic E-state index is 0.0840. The number of carbonyl (C=O) groups excluding carboxylic acids is 1. The Kier molecular flexibility index (Phi) is 4.63. The minimum absolute atomic E-state index is 0.0840. The van der Waals surface area contributed by atoms with Crippen molar-refractivity contribution in [1.29, 1.82) is 0 Å². The van der Waals surface area contributed by atoms with E-state index >= 15 is 0 Å². The van der Waals surface area contributed by atoms with E-state index in [1.807, 2.05) is 31.2 Å². The number of rotatable bonds is 4. The summed E-state index contributed by atoms with van der Waals surface area (Å²) in [5.74, 6) is 0. The molecule has 1 aromatic carbocycles. The van der Waals surface area contributed by atoms with E-state index in [0.717, 1.165) is 17.7 Å². The van der Waals surface area contributed by atoms with E-state index in [4.69, 9.17) is 0 Å². The average molecular weight is 220 g/mol. The first-order valence-corrected chi connectivity index (χ1v) is 5.91. The SMILES string of the molecule is C=C(CCC)C(=O)Sc1ccc(C)cc1. The molecule has 0 spiro atoms. The zero-order valence-corrected chi connectivity index (χ0v) is 10.1. The van der Waals surface area contributed by atoms with Crippen molar-refractivity contribution in [1.82, 2.24) is 0 Å². The highest BCUT2D eigenvalue weighted by molar-refractivity contribution is 8.14. The third-order valence-corrected chi connectivity index (χ3v) is 3.05. The highest BCUT2D eigenvalue weighted by Crippen LogP contribution is 2.23. The molecule has 0 aliphatic carbocycles. The molecule has 15 heavy (non-hydrogen) atoms. The van der Waals surface area contributed by atoms with Crippen LogP contribution >= 0.6 is 11.8 Å². The molecule has 0 saturated carbocycles. The maximum atomic E-state index is 11.7. The standard InChI is InChI=1S/C13H16OS/c1-4-5-11(3)13(14)15-12-8-6-10(2)7-9-12/h6-9H,3-5H2,1-2H3. The van der Waals surface area contributed by atoms with Crippen molar-refractivity contribution >= 4 is 16.9 Å². The smallest absolute Gasteiger partial charge is 0.219 e. The molecular weight excluding hydrogens is 204 g/mol. The Morgan fingerprint density at radius 2 is 1.93 bits per heavy atom. The molecule has 1 nitrogen and oxygen atoms in total. The Labute approximate surface area is 95.6 Å². The van der Waals surface area contributed by atoms with Crippen molar-refractivity contribution in [2.45, 2.75) is 31.6 Å². The first-order chi connectivity index (χ1) is 7.13. The number of thioether (sulfide) groups is 1. The third-order valence-electron chi connectivity index (χ3n) is 2.07. The van der Waals surface area contributed by atoms with Gasteiger partial charge < -0.3 is 0 Å². The van der Waals surface area contributed by atoms with E-state index in [1.54, 1.807) is 0 Å². The second kappa shape index (κ2) is 5.76. The molecule has 0 unspecified atom stereocenters. The zero-order valence-electron chi connectivity index (χ0n) is 9.25. The van der Waals surface area contributed by atoms with Crippen LogP contribution in [-0.2, 0) is 4.79 Å². The molecule has 0 fully saturated rings. The Bertz CT molecular complexity index is 351. The summed E-state index contributed by atoms with van der Waals surface area (Å²) in [5.41, 5.74) is 1.92. The van der Waals surface area contributed by atoms with Crippen LogP contribution in [0.1, 0.15) is 25.3 Å². The number of hydrogen-bond acceptors (Lipinski definition) is 2. The Morgan fingerprint density at radius 1 is 1.33 bits per heavy atom. The van der Waals surface area contributed by atoms with Gasteiger partial charge in [0.2, 0.25) is 5.12 Å². The van der Waals surface area contributed by atoms with Crippen LogP contribution in [0, 0.1) is 6.92 Å². The molecule has 0 amide bonds. The molecule has 0 aliphatic heterocycles. The number of carbonyl (C=O) groups is 1. The fraction of sp³-hybridized carbons (Fsp3) is 0.308. The molecule has 2 heteroatoms. The summed E-state index contributed by atoms with van der Waals surface area (Å²) in [6.07, 6.45) is 1.76. The molecule has 0 radical (unpaired) electrons. The van der Waals surface area contributed by atoms with Gasteiger partial charge in [0.15, 0.2) is 0 Å². The van der Waals surface area contributed by atoms with Crippen molar-refractivity contribution in [2.24, 2.45) is 0 Å². The zero-order chi connectivity index (χ0) is 11.3. The Balaban J connectivity index is 2.58. The quantitative estimate of drug-likeness (QED) is 0.564. The van der Waals surface area contributed by atoms with E-state index in [-0.39, 0.29) is 5.12 Å². The maximum absolute atomic E-state index is 11.7. The molecule has 0 bridgehead atoms. The Hall–Kier alpha value is -1.02. The van der Waals surface area contributed by atoms with Crippen molar-refractivity contribution < 1.29 is 4.79 Å². The molecule has 0 aromatic heterocycles. The molecule has 0 heterocycles. The average Bonchev–Trinajstić information content (AvgIpc) is 2.22. The Morgan fingerprint density at radius 3 is 2.47 bits per heavy atom. The maximum Gasteiger partial charge on any atom is 0.219 e. The predicted octanol–water partition coefficient (Wildman–Crippen LogP) is 3.97. The van der Waals surface area contributed by atoms with Crippen LogP contribution in [0.4, 0.5) is 0 Å². The minimum Gasteiger partial charge on any atom is -0.282 e. The molecule has 80 valence electrons. The molecule has 0 N–H and O–H groups in total. The molecule has 0 atom stereocenters. The van der Waals surface area contributed by atoms with Gasteiger partial charge in [-0.15, -0.1) is 0 Å². The lowest BCUT2D eigenvalue weighted by molar-refractivity contribution is -0.108. The summed E-state index contributed by atoms with van der Waals surface area (Å²) in [4.78, 5) is 12.6. The van der Waals surface area contributed by atoms with Crippen molar-refractivity contribution in [3.63, 3.8) is 0 Å². The first-order valence-electron chi connectivity index (χ1n) is 5.10. The van der Waals surface area contributed by atoms with Crippen molar-refractivity contribution in [3.8, 4) is 0 Å². The highest BCUT2D eigenvalue weighted by atomic mass is 32.2. The van der Waals surface area contributed by atoms with E-state index in [2.05, 4.69) is 13.5 Å². The van der Waals surface area contributed by atoms with Gasteiger partial charge in [-0.25, -0.2) is 0 Å². The summed E-state index contributed by atoms with van der Waals surface area (Å²) in [6, 6.07) is 7.96. The largest absolute Gasteiger partial charge is 0.282 e. The normalized spacial score (nSPS) is 10.0. The van der Waals surface area contributed by atoms with Gasteiger partial charge in [-0.3, -0.25) is 4.79 Å². The van der Waals surface area contributed by atoms with E-state index in [1.165, 1.54) is 17.3 Å². The summed E-state index contributed by atoms with van der Waals surface area (Å²) in [6.45, 7) is 7.87. The molecule has 1 rings (SSSR count). The molecule has 0 aliphatic rings. The second-order valence-electron chi connectivity index (χ2n) is 3.56. The number of benzene rings is 1. The van der Waals surface area contributed by atoms with Crippen molar-refractivity contribution in [2.75, 3.05) is 0 Å². The number of hydrogen-bond donors (Lipinski definition) is 0. The first kappa shape index (κ1) is 12.1. The van der Waals surface area contributed by atoms with Gasteiger partial charge >= 0.3 is 0 Å². The van der Waals surface area contributed by atoms with Gasteiger partial charge in [-0.05, 0) is 42.8 Å². The van der Waals surface area contributed by atoms with E-state index < -0.39 is 0 Å². The van der Waals surface area contributed by atoms with E-state index in [9.17, 15) is 4.79 Å². The fourth-order valence-electron chi connectivity index (χ4n) is 1.19. The summed E-state index contributed by atoms with van der Waals surface area (Å²) in [7, 11) is 0. The second-order valence-corrected chi connectivity index (χ2v) is 4.60. The monoisotopic (exact) mass is 220 g/mol. The van der Waals surface area contributed by atoms with Gasteiger partial charge in [0.05, 0.1) is 0 Å². The lowest BCUT2D eigenvalue weighted by atomic mass is 10.2. The highest BCUT2D eigenvalue weighted by Gasteiger charge is 2.07. The van der Waals surface area contributed by atoms with Gasteiger partial charge in [0, 0.05) is 4.90 Å². The van der Waals surface area contributed by atoms with Crippen molar-refractivity contribution in [3.05, 3.63) is 42.0 Å².